The number of aliphatic hydroxyl groups excluding tert-OH is 1. The van der Waals surface area contributed by atoms with Crippen LogP contribution in [0.3, 0.4) is 0 Å². The number of fused-ring (bicyclic) bond motifs is 5. The quantitative estimate of drug-likeness (QED) is 0.637. The van der Waals surface area contributed by atoms with Crippen LogP contribution in [0, 0.1) is 46.3 Å². The molecule has 4 aliphatic carbocycles. The summed E-state index contributed by atoms with van der Waals surface area (Å²) in [6.07, 6.45) is 10.8. The zero-order valence-corrected chi connectivity index (χ0v) is 17.9. The molecule has 0 amide bonds. The maximum atomic E-state index is 11.0. The van der Waals surface area contributed by atoms with Gasteiger partial charge in [0, 0.05) is 11.8 Å². The minimum absolute atomic E-state index is 0.284. The SMILES string of the molecule is C[C@H](CC[C]=O)[C@H]1CC[C@H]2[C@@H]3CC[C@@H]4CCC(O)C(O)(O)[C@]4(C)[C@H]3CC[C@]12C. The molecule has 4 aliphatic rings. The van der Waals surface area contributed by atoms with Crippen molar-refractivity contribution in [2.75, 3.05) is 0 Å². The highest BCUT2D eigenvalue weighted by Gasteiger charge is 2.67. The molecule has 0 saturated heterocycles. The summed E-state index contributed by atoms with van der Waals surface area (Å²) in [4.78, 5) is 10.7. The van der Waals surface area contributed by atoms with Crippen LogP contribution in [0.15, 0.2) is 0 Å². The number of aliphatic hydroxyl groups is 3. The van der Waals surface area contributed by atoms with Crippen molar-refractivity contribution in [3.8, 4) is 0 Å². The van der Waals surface area contributed by atoms with E-state index in [1.54, 1.807) is 0 Å². The lowest BCUT2D eigenvalue weighted by molar-refractivity contribution is -0.349. The van der Waals surface area contributed by atoms with Crippen molar-refractivity contribution >= 4 is 6.29 Å². The summed E-state index contributed by atoms with van der Waals surface area (Å²) in [7, 11) is 0. The van der Waals surface area contributed by atoms with E-state index in [-0.39, 0.29) is 5.92 Å². The molecule has 0 bridgehead atoms. The Balaban J connectivity index is 1.61. The van der Waals surface area contributed by atoms with Gasteiger partial charge >= 0.3 is 0 Å². The van der Waals surface area contributed by atoms with Crippen LogP contribution < -0.4 is 0 Å². The molecule has 0 aromatic carbocycles. The van der Waals surface area contributed by atoms with E-state index in [9.17, 15) is 20.1 Å². The number of hydrogen-bond acceptors (Lipinski definition) is 4. The minimum atomic E-state index is -1.97. The monoisotopic (exact) mass is 391 g/mol. The topological polar surface area (TPSA) is 77.8 Å². The normalized spacial score (nSPS) is 50.9. The Labute approximate surface area is 170 Å². The fraction of sp³-hybridized carbons (Fsp3) is 0.958. The molecule has 1 radical (unpaired) electrons. The second kappa shape index (κ2) is 7.06. The molecule has 9 atom stereocenters. The molecule has 0 heterocycles. The first-order valence-electron chi connectivity index (χ1n) is 11.7. The maximum absolute atomic E-state index is 11.0. The molecule has 28 heavy (non-hydrogen) atoms. The second-order valence-electron chi connectivity index (χ2n) is 11.1. The van der Waals surface area contributed by atoms with Gasteiger partial charge in [0.15, 0.2) is 12.1 Å². The van der Waals surface area contributed by atoms with Gasteiger partial charge in [-0.15, -0.1) is 0 Å². The van der Waals surface area contributed by atoms with Crippen LogP contribution in [-0.4, -0.2) is 33.5 Å². The van der Waals surface area contributed by atoms with Crippen molar-refractivity contribution in [3.05, 3.63) is 0 Å². The summed E-state index contributed by atoms with van der Waals surface area (Å²) in [5.74, 6) is 0.971. The van der Waals surface area contributed by atoms with Crippen molar-refractivity contribution in [2.24, 2.45) is 46.3 Å². The third-order valence-electron chi connectivity index (χ3n) is 10.4. The predicted molar refractivity (Wildman–Crippen MR) is 108 cm³/mol. The Kier molecular flexibility index (Phi) is 5.25. The second-order valence-corrected chi connectivity index (χ2v) is 11.1. The van der Waals surface area contributed by atoms with E-state index in [1.165, 1.54) is 19.3 Å². The van der Waals surface area contributed by atoms with Gasteiger partial charge in [-0.1, -0.05) is 20.8 Å². The molecular formula is C24H39O4. The molecular weight excluding hydrogens is 352 g/mol. The molecule has 0 aromatic rings. The van der Waals surface area contributed by atoms with Crippen molar-refractivity contribution < 1.29 is 20.1 Å². The largest absolute Gasteiger partial charge is 0.387 e. The molecule has 4 nitrogen and oxygen atoms in total. The molecule has 1 unspecified atom stereocenters. The predicted octanol–water partition coefficient (Wildman–Crippen LogP) is 3.82. The number of carbonyl (C=O) groups excluding carboxylic acids is 1. The Morgan fingerprint density at radius 1 is 1.00 bits per heavy atom. The molecule has 159 valence electrons. The van der Waals surface area contributed by atoms with Crippen LogP contribution in [0.5, 0.6) is 0 Å². The smallest absolute Gasteiger partial charge is 0.198 e. The minimum Gasteiger partial charge on any atom is -0.387 e. The molecule has 3 N–H and O–H groups in total. The summed E-state index contributed by atoms with van der Waals surface area (Å²) in [5.41, 5.74) is -0.307. The first kappa shape index (κ1) is 20.8. The zero-order valence-electron chi connectivity index (χ0n) is 17.9. The molecule has 4 heteroatoms. The summed E-state index contributed by atoms with van der Waals surface area (Å²) in [6, 6.07) is 0. The average molecular weight is 392 g/mol. The van der Waals surface area contributed by atoms with E-state index >= 15 is 0 Å². The fourth-order valence-electron chi connectivity index (χ4n) is 8.83. The first-order valence-corrected chi connectivity index (χ1v) is 11.7. The zero-order chi connectivity index (χ0) is 20.3. The molecule has 0 spiro atoms. The molecule has 4 saturated carbocycles. The Hall–Kier alpha value is -0.450. The third kappa shape index (κ3) is 2.70. The molecule has 4 rings (SSSR count). The first-order chi connectivity index (χ1) is 13.2. The van der Waals surface area contributed by atoms with E-state index in [1.807, 2.05) is 0 Å². The summed E-state index contributed by atoms with van der Waals surface area (Å²) in [5, 5.41) is 32.5. The van der Waals surface area contributed by atoms with Gasteiger partial charge in [-0.2, -0.15) is 0 Å². The summed E-state index contributed by atoms with van der Waals surface area (Å²) in [6.45, 7) is 6.85. The Bertz CT molecular complexity index is 603. The van der Waals surface area contributed by atoms with Gasteiger partial charge in [-0.05, 0) is 98.7 Å². The van der Waals surface area contributed by atoms with E-state index < -0.39 is 17.3 Å². The van der Waals surface area contributed by atoms with Crippen molar-refractivity contribution in [2.45, 2.75) is 96.9 Å². The van der Waals surface area contributed by atoms with Crippen LogP contribution in [0.1, 0.15) is 85.0 Å². The lowest BCUT2D eigenvalue weighted by atomic mass is 9.43. The van der Waals surface area contributed by atoms with Gasteiger partial charge in [0.1, 0.15) is 6.10 Å². The molecule has 0 aromatic heterocycles. The number of rotatable bonds is 4. The summed E-state index contributed by atoms with van der Waals surface area (Å²) < 4.78 is 0. The van der Waals surface area contributed by atoms with Crippen LogP contribution >= 0.6 is 0 Å². The van der Waals surface area contributed by atoms with Gasteiger partial charge in [-0.25, -0.2) is 0 Å². The lowest BCUT2D eigenvalue weighted by Gasteiger charge is -2.64. The maximum Gasteiger partial charge on any atom is 0.198 e. The fourth-order valence-corrected chi connectivity index (χ4v) is 8.83. The van der Waals surface area contributed by atoms with Gasteiger partial charge < -0.3 is 15.3 Å². The van der Waals surface area contributed by atoms with Gasteiger partial charge in [0.05, 0.1) is 0 Å². The van der Waals surface area contributed by atoms with Crippen molar-refractivity contribution in [3.63, 3.8) is 0 Å². The van der Waals surface area contributed by atoms with Crippen LogP contribution in [0.4, 0.5) is 0 Å². The highest BCUT2D eigenvalue weighted by molar-refractivity contribution is 5.50. The average Bonchev–Trinajstić information content (AvgIpc) is 3.01. The van der Waals surface area contributed by atoms with Gasteiger partial charge in [-0.3, -0.25) is 4.79 Å². The van der Waals surface area contributed by atoms with E-state index in [2.05, 4.69) is 27.1 Å². The Morgan fingerprint density at radius 2 is 1.71 bits per heavy atom. The van der Waals surface area contributed by atoms with Gasteiger partial charge in [0.2, 0.25) is 0 Å². The molecule has 0 aliphatic heterocycles. The number of hydrogen-bond donors (Lipinski definition) is 3. The van der Waals surface area contributed by atoms with E-state index in [0.29, 0.717) is 47.8 Å². The van der Waals surface area contributed by atoms with E-state index in [0.717, 1.165) is 32.1 Å². The van der Waals surface area contributed by atoms with Crippen LogP contribution in [0.25, 0.3) is 0 Å². The van der Waals surface area contributed by atoms with Gasteiger partial charge in [0.25, 0.3) is 0 Å². The Morgan fingerprint density at radius 3 is 2.43 bits per heavy atom. The lowest BCUT2D eigenvalue weighted by Crippen LogP contribution is -2.68. The highest BCUT2D eigenvalue weighted by Crippen LogP contribution is 2.69. The van der Waals surface area contributed by atoms with E-state index in [4.69, 9.17) is 0 Å². The summed E-state index contributed by atoms with van der Waals surface area (Å²) >= 11 is 0. The van der Waals surface area contributed by atoms with Crippen molar-refractivity contribution in [1.29, 1.82) is 0 Å². The van der Waals surface area contributed by atoms with Crippen LogP contribution in [0.2, 0.25) is 0 Å². The third-order valence-corrected chi connectivity index (χ3v) is 10.4. The standard InChI is InChI=1S/C24H39O4/c1-15(5-4-14-25)18-9-10-19-17-8-6-16-7-11-21(26)24(27,28)23(16,3)20(17)12-13-22(18,19)2/h15-21,26-28H,4-13H2,1-3H3/t15-,16-,17+,18-,19+,20+,21?,22-,23+/m1/s1. The highest BCUT2D eigenvalue weighted by atomic mass is 16.5. The molecule has 4 fully saturated rings. The van der Waals surface area contributed by atoms with Crippen molar-refractivity contribution in [1.82, 2.24) is 0 Å². The van der Waals surface area contributed by atoms with Crippen LogP contribution in [-0.2, 0) is 4.79 Å².